The molecular formula is C28H25FN4O2. The van der Waals surface area contributed by atoms with Crippen LogP contribution in [0.3, 0.4) is 0 Å². The molecule has 1 saturated heterocycles. The molecule has 1 unspecified atom stereocenters. The Labute approximate surface area is 201 Å². The van der Waals surface area contributed by atoms with E-state index in [0.717, 1.165) is 66.5 Å². The first-order chi connectivity index (χ1) is 17.1. The highest BCUT2D eigenvalue weighted by Gasteiger charge is 2.33. The molecule has 4 heterocycles. The number of anilines is 2. The lowest BCUT2D eigenvalue weighted by Gasteiger charge is -2.24. The van der Waals surface area contributed by atoms with Crippen molar-refractivity contribution in [1.82, 2.24) is 10.3 Å². The van der Waals surface area contributed by atoms with Crippen molar-refractivity contribution in [3.05, 3.63) is 59.5 Å². The summed E-state index contributed by atoms with van der Waals surface area (Å²) in [7, 11) is 0. The lowest BCUT2D eigenvalue weighted by Crippen LogP contribution is -2.44. The fourth-order valence-corrected chi connectivity index (χ4v) is 6.15. The second-order valence-corrected chi connectivity index (χ2v) is 9.74. The first-order valence-electron chi connectivity index (χ1n) is 12.4. The summed E-state index contributed by atoms with van der Waals surface area (Å²) in [6.07, 6.45) is 4.59. The van der Waals surface area contributed by atoms with Crippen molar-refractivity contribution < 1.29 is 14.0 Å². The van der Waals surface area contributed by atoms with E-state index in [1.165, 1.54) is 6.07 Å². The molecule has 0 radical (unpaired) electrons. The lowest BCUT2D eigenvalue weighted by molar-refractivity contribution is -0.120. The van der Waals surface area contributed by atoms with E-state index in [0.29, 0.717) is 34.1 Å². The summed E-state index contributed by atoms with van der Waals surface area (Å²) in [6, 6.07) is 12.4. The average molecular weight is 469 g/mol. The number of aromatic nitrogens is 1. The second-order valence-electron chi connectivity index (χ2n) is 9.74. The number of nitrogens with zero attached hydrogens (tertiary/aromatic N) is 1. The molecule has 3 aliphatic rings. The maximum atomic E-state index is 15.2. The molecule has 2 amide bonds. The first-order valence-corrected chi connectivity index (χ1v) is 12.4. The van der Waals surface area contributed by atoms with Crippen LogP contribution in [0.15, 0.2) is 42.5 Å². The van der Waals surface area contributed by atoms with Crippen LogP contribution in [-0.2, 0) is 11.2 Å². The Balaban J connectivity index is 1.48. The highest BCUT2D eigenvalue weighted by molar-refractivity contribution is 6.33. The van der Waals surface area contributed by atoms with Gasteiger partial charge in [-0.25, -0.2) is 4.39 Å². The van der Waals surface area contributed by atoms with Crippen molar-refractivity contribution in [2.75, 3.05) is 23.3 Å². The molecule has 7 rings (SSSR count). The number of amides is 2. The number of H-pyrrole nitrogens is 1. The summed E-state index contributed by atoms with van der Waals surface area (Å²) in [5.41, 5.74) is 4.56. The molecule has 0 spiro atoms. The highest BCUT2D eigenvalue weighted by Crippen LogP contribution is 2.46. The van der Waals surface area contributed by atoms with E-state index in [-0.39, 0.29) is 23.7 Å². The van der Waals surface area contributed by atoms with Crippen LogP contribution >= 0.6 is 0 Å². The number of hydrogen-bond donors (Lipinski definition) is 3. The Morgan fingerprint density at radius 1 is 1.00 bits per heavy atom. The molecule has 1 aromatic heterocycles. The minimum atomic E-state index is -0.316. The third-order valence-corrected chi connectivity index (χ3v) is 7.71. The van der Waals surface area contributed by atoms with E-state index >= 15 is 4.39 Å². The van der Waals surface area contributed by atoms with Crippen LogP contribution in [0.5, 0.6) is 0 Å². The van der Waals surface area contributed by atoms with Gasteiger partial charge in [-0.1, -0.05) is 24.3 Å². The molecule has 3 aliphatic heterocycles. The second kappa shape index (κ2) is 7.65. The van der Waals surface area contributed by atoms with Crippen LogP contribution in [0.2, 0.25) is 0 Å². The summed E-state index contributed by atoms with van der Waals surface area (Å²) in [4.78, 5) is 32.1. The number of carbonyl (C=O) groups excluding carboxylic acids is 2. The van der Waals surface area contributed by atoms with Crippen LogP contribution < -0.4 is 15.5 Å². The van der Waals surface area contributed by atoms with Gasteiger partial charge in [-0.3, -0.25) is 9.59 Å². The molecule has 1 fully saturated rings. The number of aromatic amines is 1. The molecule has 6 nitrogen and oxygen atoms in total. The number of fused-ring (bicyclic) bond motifs is 3. The van der Waals surface area contributed by atoms with E-state index in [4.69, 9.17) is 0 Å². The van der Waals surface area contributed by atoms with Gasteiger partial charge in [0.25, 0.3) is 5.91 Å². The molecule has 3 aromatic carbocycles. The molecule has 0 bridgehead atoms. The SMILES string of the molecule is O=C1Nc2cccc3c2c1c(-c1cc2c([nH]1)CCCCN2C(=O)C1CCCN1)c1cccc(F)c13. The van der Waals surface area contributed by atoms with Gasteiger partial charge in [-0.05, 0) is 67.6 Å². The monoisotopic (exact) mass is 468 g/mol. The van der Waals surface area contributed by atoms with E-state index in [1.807, 2.05) is 35.2 Å². The van der Waals surface area contributed by atoms with Gasteiger partial charge in [0.2, 0.25) is 5.91 Å². The van der Waals surface area contributed by atoms with Gasteiger partial charge < -0.3 is 20.5 Å². The van der Waals surface area contributed by atoms with Crippen molar-refractivity contribution >= 4 is 44.7 Å². The fraction of sp³-hybridized carbons (Fsp3) is 0.286. The van der Waals surface area contributed by atoms with E-state index in [1.54, 1.807) is 6.07 Å². The van der Waals surface area contributed by atoms with Gasteiger partial charge in [0.05, 0.1) is 17.3 Å². The summed E-state index contributed by atoms with van der Waals surface area (Å²) < 4.78 is 15.2. The predicted molar refractivity (Wildman–Crippen MR) is 135 cm³/mol. The van der Waals surface area contributed by atoms with Gasteiger partial charge in [0.1, 0.15) is 5.82 Å². The van der Waals surface area contributed by atoms with Gasteiger partial charge >= 0.3 is 0 Å². The first kappa shape index (κ1) is 20.6. The minimum absolute atomic E-state index is 0.107. The quantitative estimate of drug-likeness (QED) is 0.358. The van der Waals surface area contributed by atoms with Crippen molar-refractivity contribution in [2.24, 2.45) is 0 Å². The largest absolute Gasteiger partial charge is 0.357 e. The van der Waals surface area contributed by atoms with Crippen LogP contribution in [-0.4, -0.2) is 35.9 Å². The third kappa shape index (κ3) is 2.97. The molecule has 3 N–H and O–H groups in total. The van der Waals surface area contributed by atoms with Crippen LogP contribution in [0, 0.1) is 5.82 Å². The Bertz CT molecular complexity index is 1550. The molecule has 35 heavy (non-hydrogen) atoms. The zero-order chi connectivity index (χ0) is 23.7. The third-order valence-electron chi connectivity index (χ3n) is 7.71. The van der Waals surface area contributed by atoms with Gasteiger partial charge in [-0.15, -0.1) is 0 Å². The summed E-state index contributed by atoms with van der Waals surface area (Å²) in [6.45, 7) is 1.54. The smallest absolute Gasteiger partial charge is 0.257 e. The molecule has 176 valence electrons. The number of hydrogen-bond acceptors (Lipinski definition) is 3. The molecule has 0 aliphatic carbocycles. The maximum Gasteiger partial charge on any atom is 0.257 e. The maximum absolute atomic E-state index is 15.2. The normalized spacial score (nSPS) is 19.3. The standard InChI is InChI=1S/C28H25FN4O2/c29-17-8-3-6-16-23(17)15-7-4-10-19-24(15)26(27(34)32-19)25(16)21-14-22-18(31-21)9-1-2-13-33(22)28(35)20-11-5-12-30-20/h3-4,6-8,10,14,20,30-31H,1-2,5,9,11-13H2,(H,32,34). The molecular weight excluding hydrogens is 443 g/mol. The number of benzene rings is 3. The lowest BCUT2D eigenvalue weighted by atomic mass is 9.90. The van der Waals surface area contributed by atoms with Crippen molar-refractivity contribution in [1.29, 1.82) is 0 Å². The van der Waals surface area contributed by atoms with Crippen molar-refractivity contribution in [2.45, 2.75) is 38.1 Å². The number of aryl methyl sites for hydroxylation is 1. The highest BCUT2D eigenvalue weighted by atomic mass is 19.1. The summed E-state index contributed by atoms with van der Waals surface area (Å²) in [5.74, 6) is -0.399. The van der Waals surface area contributed by atoms with Crippen molar-refractivity contribution in [3.63, 3.8) is 0 Å². The Kier molecular flexibility index (Phi) is 4.51. The van der Waals surface area contributed by atoms with E-state index in [9.17, 15) is 9.59 Å². The van der Waals surface area contributed by atoms with Crippen LogP contribution in [0.1, 0.15) is 41.7 Å². The van der Waals surface area contributed by atoms with E-state index in [2.05, 4.69) is 15.6 Å². The zero-order valence-electron chi connectivity index (χ0n) is 19.2. The van der Waals surface area contributed by atoms with Gasteiger partial charge in [0.15, 0.2) is 0 Å². The van der Waals surface area contributed by atoms with Crippen LogP contribution in [0.4, 0.5) is 15.8 Å². The van der Waals surface area contributed by atoms with Gasteiger partial charge in [0, 0.05) is 40.0 Å². The fourth-order valence-electron chi connectivity index (χ4n) is 6.15. The Morgan fingerprint density at radius 2 is 1.86 bits per heavy atom. The minimum Gasteiger partial charge on any atom is -0.357 e. The number of rotatable bonds is 2. The molecule has 4 aromatic rings. The summed E-state index contributed by atoms with van der Waals surface area (Å²) >= 11 is 0. The molecule has 1 atom stereocenters. The predicted octanol–water partition coefficient (Wildman–Crippen LogP) is 5.11. The zero-order valence-corrected chi connectivity index (χ0v) is 19.2. The molecule has 0 saturated carbocycles. The number of carbonyl (C=O) groups is 2. The topological polar surface area (TPSA) is 77.2 Å². The average Bonchev–Trinajstić information content (AvgIpc) is 3.57. The summed E-state index contributed by atoms with van der Waals surface area (Å²) in [5, 5.41) is 8.96. The number of nitrogens with one attached hydrogen (secondary N) is 3. The Morgan fingerprint density at radius 3 is 2.71 bits per heavy atom. The van der Waals surface area contributed by atoms with Crippen LogP contribution in [0.25, 0.3) is 32.8 Å². The van der Waals surface area contributed by atoms with Crippen molar-refractivity contribution in [3.8, 4) is 11.3 Å². The van der Waals surface area contributed by atoms with Gasteiger partial charge in [-0.2, -0.15) is 0 Å². The Hall–Kier alpha value is -3.71. The number of halogens is 1. The molecule has 7 heteroatoms. The van der Waals surface area contributed by atoms with E-state index < -0.39 is 0 Å².